The van der Waals surface area contributed by atoms with Gasteiger partial charge in [-0.1, -0.05) is 41.7 Å². The van der Waals surface area contributed by atoms with Crippen molar-refractivity contribution in [2.45, 2.75) is 0 Å². The first-order chi connectivity index (χ1) is 10.1. The summed E-state index contributed by atoms with van der Waals surface area (Å²) < 4.78 is 0. The first-order valence-corrected chi connectivity index (χ1v) is 7.70. The van der Waals surface area contributed by atoms with Crippen LogP contribution in [0.2, 0.25) is 0 Å². The average Bonchev–Trinajstić information content (AvgIpc) is 2.94. The van der Waals surface area contributed by atoms with Crippen LogP contribution in [0.3, 0.4) is 0 Å². The maximum atomic E-state index is 11.5. The van der Waals surface area contributed by atoms with Crippen LogP contribution in [-0.2, 0) is 0 Å². The van der Waals surface area contributed by atoms with E-state index in [9.17, 15) is 9.90 Å². The fraction of sp³-hybridized carbons (Fsp3) is 0.333. The summed E-state index contributed by atoms with van der Waals surface area (Å²) in [5.41, 5.74) is 1.42. The van der Waals surface area contributed by atoms with Crippen LogP contribution in [-0.4, -0.2) is 54.2 Å². The van der Waals surface area contributed by atoms with E-state index in [4.69, 9.17) is 0 Å². The molecule has 5 nitrogen and oxygen atoms in total. The molecule has 3 rings (SSSR count). The van der Waals surface area contributed by atoms with Crippen molar-refractivity contribution in [2.75, 3.05) is 38.1 Å². The van der Waals surface area contributed by atoms with E-state index < -0.39 is 5.97 Å². The van der Waals surface area contributed by atoms with E-state index in [-0.39, 0.29) is 0 Å². The zero-order chi connectivity index (χ0) is 14.8. The van der Waals surface area contributed by atoms with Gasteiger partial charge >= 0.3 is 5.97 Å². The minimum absolute atomic E-state index is 0.315. The number of rotatable bonds is 3. The van der Waals surface area contributed by atoms with Crippen molar-refractivity contribution in [3.63, 3.8) is 0 Å². The minimum atomic E-state index is -0.910. The second-order valence-electron chi connectivity index (χ2n) is 5.14. The summed E-state index contributed by atoms with van der Waals surface area (Å²) in [5.74, 6) is -0.910. The number of nitrogens with zero attached hydrogens (tertiary/aromatic N) is 3. The Kier molecular flexibility index (Phi) is 3.90. The van der Waals surface area contributed by atoms with Gasteiger partial charge in [0.1, 0.15) is 4.88 Å². The third-order valence-electron chi connectivity index (χ3n) is 3.63. The van der Waals surface area contributed by atoms with Crippen molar-refractivity contribution in [2.24, 2.45) is 0 Å². The van der Waals surface area contributed by atoms with Gasteiger partial charge in [-0.15, -0.1) is 0 Å². The summed E-state index contributed by atoms with van der Waals surface area (Å²) in [6.45, 7) is 3.72. The third-order valence-corrected chi connectivity index (χ3v) is 4.74. The van der Waals surface area contributed by atoms with Gasteiger partial charge in [0.05, 0.1) is 5.69 Å². The lowest BCUT2D eigenvalue weighted by Crippen LogP contribution is -2.44. The molecule has 6 heteroatoms. The zero-order valence-electron chi connectivity index (χ0n) is 11.8. The number of carbonyl (C=O) groups is 1. The molecule has 0 bridgehead atoms. The van der Waals surface area contributed by atoms with Gasteiger partial charge in [-0.3, -0.25) is 0 Å². The van der Waals surface area contributed by atoms with Gasteiger partial charge < -0.3 is 14.9 Å². The van der Waals surface area contributed by atoms with Gasteiger partial charge in [-0.05, 0) is 7.05 Å². The predicted octanol–water partition coefficient (Wildman–Crippen LogP) is 2.26. The van der Waals surface area contributed by atoms with Gasteiger partial charge in [-0.25, -0.2) is 9.78 Å². The number of anilines is 1. The van der Waals surface area contributed by atoms with E-state index in [1.54, 1.807) is 0 Å². The highest BCUT2D eigenvalue weighted by molar-refractivity contribution is 7.17. The van der Waals surface area contributed by atoms with Crippen molar-refractivity contribution >= 4 is 22.4 Å². The number of aromatic nitrogens is 1. The molecule has 0 aliphatic carbocycles. The van der Waals surface area contributed by atoms with Crippen LogP contribution in [0.5, 0.6) is 0 Å². The molecule has 1 saturated heterocycles. The number of carboxylic acid groups (broad SMARTS) is 1. The van der Waals surface area contributed by atoms with Gasteiger partial charge in [0.15, 0.2) is 5.13 Å². The molecule has 0 saturated carbocycles. The molecule has 1 N–H and O–H groups in total. The van der Waals surface area contributed by atoms with Gasteiger partial charge in [0.2, 0.25) is 0 Å². The molecule has 2 heterocycles. The Hall–Kier alpha value is -1.92. The van der Waals surface area contributed by atoms with E-state index >= 15 is 0 Å². The Bertz CT molecular complexity index is 634. The number of carboxylic acids is 1. The number of hydrogen-bond donors (Lipinski definition) is 1. The number of aromatic carboxylic acids is 1. The topological polar surface area (TPSA) is 56.7 Å². The summed E-state index contributed by atoms with van der Waals surface area (Å²) in [4.78, 5) is 20.8. The molecule has 2 aromatic rings. The highest BCUT2D eigenvalue weighted by Crippen LogP contribution is 2.33. The molecule has 110 valence electrons. The fourth-order valence-corrected chi connectivity index (χ4v) is 3.36. The van der Waals surface area contributed by atoms with E-state index in [2.05, 4.69) is 21.8 Å². The van der Waals surface area contributed by atoms with Crippen molar-refractivity contribution in [1.82, 2.24) is 9.88 Å². The molecule has 0 amide bonds. The zero-order valence-corrected chi connectivity index (χ0v) is 12.6. The van der Waals surface area contributed by atoms with Crippen LogP contribution < -0.4 is 4.90 Å². The molecule has 0 spiro atoms. The Morgan fingerprint density at radius 3 is 2.48 bits per heavy atom. The molecular weight excluding hydrogens is 286 g/mol. The smallest absolute Gasteiger partial charge is 0.348 e. The minimum Gasteiger partial charge on any atom is -0.477 e. The molecule has 1 aliphatic rings. The Morgan fingerprint density at radius 1 is 1.19 bits per heavy atom. The largest absolute Gasteiger partial charge is 0.477 e. The molecule has 1 fully saturated rings. The summed E-state index contributed by atoms with van der Waals surface area (Å²) in [6.07, 6.45) is 0. The molecule has 21 heavy (non-hydrogen) atoms. The van der Waals surface area contributed by atoms with Gasteiger partial charge in [-0.2, -0.15) is 0 Å². The number of piperazine rings is 1. The number of likely N-dealkylation sites (N-methyl/N-ethyl adjacent to an activating group) is 1. The molecule has 0 atom stereocenters. The van der Waals surface area contributed by atoms with E-state index in [0.29, 0.717) is 10.6 Å². The highest BCUT2D eigenvalue weighted by Gasteiger charge is 2.23. The van der Waals surface area contributed by atoms with Crippen LogP contribution in [0.1, 0.15) is 9.67 Å². The second kappa shape index (κ2) is 5.83. The summed E-state index contributed by atoms with van der Waals surface area (Å²) in [5, 5.41) is 10.2. The molecular formula is C15H17N3O2S. The highest BCUT2D eigenvalue weighted by atomic mass is 32.1. The summed E-state index contributed by atoms with van der Waals surface area (Å²) in [6, 6.07) is 9.51. The van der Waals surface area contributed by atoms with Crippen molar-refractivity contribution in [3.05, 3.63) is 35.2 Å². The summed E-state index contributed by atoms with van der Waals surface area (Å²) in [7, 11) is 2.09. The standard InChI is InChI=1S/C15H17N3O2S/c1-17-7-9-18(10-8-17)15-16-12(13(21-15)14(19)20)11-5-3-2-4-6-11/h2-6H,7-10H2,1H3,(H,19,20). The molecule has 1 aromatic carbocycles. The number of hydrogen-bond acceptors (Lipinski definition) is 5. The third kappa shape index (κ3) is 2.91. The van der Waals surface area contributed by atoms with Gasteiger partial charge in [0.25, 0.3) is 0 Å². The van der Waals surface area contributed by atoms with Crippen molar-refractivity contribution in [1.29, 1.82) is 0 Å². The lowest BCUT2D eigenvalue weighted by atomic mass is 10.1. The van der Waals surface area contributed by atoms with E-state index in [1.165, 1.54) is 11.3 Å². The molecule has 1 aromatic heterocycles. The normalized spacial score (nSPS) is 16.1. The SMILES string of the molecule is CN1CCN(c2nc(-c3ccccc3)c(C(=O)O)s2)CC1. The van der Waals surface area contributed by atoms with Crippen LogP contribution in [0.25, 0.3) is 11.3 Å². The van der Waals surface area contributed by atoms with E-state index in [1.807, 2.05) is 30.3 Å². The van der Waals surface area contributed by atoms with Crippen LogP contribution >= 0.6 is 11.3 Å². The first-order valence-electron chi connectivity index (χ1n) is 6.88. The Labute approximate surface area is 127 Å². The monoisotopic (exact) mass is 303 g/mol. The van der Waals surface area contributed by atoms with E-state index in [0.717, 1.165) is 36.9 Å². The Morgan fingerprint density at radius 2 is 1.86 bits per heavy atom. The van der Waals surface area contributed by atoms with Crippen molar-refractivity contribution in [3.8, 4) is 11.3 Å². The molecule has 0 unspecified atom stereocenters. The van der Waals surface area contributed by atoms with Crippen molar-refractivity contribution < 1.29 is 9.90 Å². The van der Waals surface area contributed by atoms with Gasteiger partial charge in [0, 0.05) is 31.7 Å². The number of benzene rings is 1. The predicted molar refractivity (Wildman–Crippen MR) is 84.2 cm³/mol. The maximum absolute atomic E-state index is 11.5. The first kappa shape index (κ1) is 14.0. The van der Waals surface area contributed by atoms with Crippen LogP contribution in [0, 0.1) is 0 Å². The number of thiazole rings is 1. The quantitative estimate of drug-likeness (QED) is 0.942. The summed E-state index contributed by atoms with van der Waals surface area (Å²) >= 11 is 1.27. The second-order valence-corrected chi connectivity index (χ2v) is 6.11. The Balaban J connectivity index is 1.95. The lowest BCUT2D eigenvalue weighted by Gasteiger charge is -2.32. The van der Waals surface area contributed by atoms with Crippen LogP contribution in [0.15, 0.2) is 30.3 Å². The average molecular weight is 303 g/mol. The fourth-order valence-electron chi connectivity index (χ4n) is 2.38. The molecule has 1 aliphatic heterocycles. The maximum Gasteiger partial charge on any atom is 0.348 e. The lowest BCUT2D eigenvalue weighted by molar-refractivity contribution is 0.0702. The molecule has 0 radical (unpaired) electrons. The van der Waals surface area contributed by atoms with Crippen LogP contribution in [0.4, 0.5) is 5.13 Å².